The van der Waals surface area contributed by atoms with Crippen LogP contribution in [0.2, 0.25) is 0 Å². The Balaban J connectivity index is 1.90. The van der Waals surface area contributed by atoms with Gasteiger partial charge in [-0.05, 0) is 37.2 Å². The number of nitrogens with one attached hydrogen (secondary N) is 1. The fraction of sp³-hybridized carbons (Fsp3) is 0.600. The van der Waals surface area contributed by atoms with Crippen molar-refractivity contribution in [2.24, 2.45) is 11.8 Å². The van der Waals surface area contributed by atoms with Crippen LogP contribution in [0.3, 0.4) is 0 Å². The first-order chi connectivity index (χ1) is 8.37. The summed E-state index contributed by atoms with van der Waals surface area (Å²) in [6.07, 6.45) is 8.02. The first-order valence-corrected chi connectivity index (χ1v) is 6.88. The summed E-state index contributed by atoms with van der Waals surface area (Å²) in [5.41, 5.74) is 4.95. The number of rotatable bonds is 4. The third-order valence-electron chi connectivity index (χ3n) is 4.99. The molecule has 2 aliphatic rings. The molecular formula is C15H22N2. The van der Waals surface area contributed by atoms with Crippen LogP contribution in [0.15, 0.2) is 30.3 Å². The Kier molecular flexibility index (Phi) is 2.93. The number of hydrogen-bond acceptors (Lipinski definition) is 2. The van der Waals surface area contributed by atoms with E-state index in [-0.39, 0.29) is 0 Å². The fourth-order valence-electron chi connectivity index (χ4n) is 3.63. The Labute approximate surface area is 104 Å². The van der Waals surface area contributed by atoms with E-state index in [1.807, 2.05) is 0 Å². The zero-order chi connectivity index (χ0) is 11.7. The summed E-state index contributed by atoms with van der Waals surface area (Å²) in [6, 6.07) is 11.5. The van der Waals surface area contributed by atoms with Gasteiger partial charge >= 0.3 is 0 Å². The van der Waals surface area contributed by atoms with E-state index in [4.69, 9.17) is 5.84 Å². The molecule has 0 aromatic heterocycles. The van der Waals surface area contributed by atoms with Crippen molar-refractivity contribution in [1.82, 2.24) is 5.43 Å². The molecule has 1 aromatic rings. The molecule has 2 aliphatic carbocycles. The van der Waals surface area contributed by atoms with Gasteiger partial charge in [0.2, 0.25) is 0 Å². The molecule has 0 saturated heterocycles. The van der Waals surface area contributed by atoms with Gasteiger partial charge in [0.05, 0.1) is 0 Å². The average Bonchev–Trinajstić information content (AvgIpc) is 2.25. The normalized spacial score (nSPS) is 24.8. The van der Waals surface area contributed by atoms with Crippen LogP contribution in [0.5, 0.6) is 0 Å². The number of benzene rings is 1. The van der Waals surface area contributed by atoms with Gasteiger partial charge in [-0.15, -0.1) is 0 Å². The van der Waals surface area contributed by atoms with Gasteiger partial charge in [0.25, 0.3) is 0 Å². The van der Waals surface area contributed by atoms with Gasteiger partial charge in [0, 0.05) is 11.5 Å². The molecular weight excluding hydrogens is 208 g/mol. The summed E-state index contributed by atoms with van der Waals surface area (Å²) in [6.45, 7) is 0. The third-order valence-corrected chi connectivity index (χ3v) is 4.99. The predicted molar refractivity (Wildman–Crippen MR) is 70.4 cm³/mol. The van der Waals surface area contributed by atoms with Crippen LogP contribution in [-0.4, -0.2) is 6.04 Å². The van der Waals surface area contributed by atoms with Crippen molar-refractivity contribution in [2.45, 2.75) is 50.0 Å². The molecule has 0 heterocycles. The van der Waals surface area contributed by atoms with E-state index in [1.54, 1.807) is 0 Å². The lowest BCUT2D eigenvalue weighted by Gasteiger charge is -2.52. The van der Waals surface area contributed by atoms with Crippen molar-refractivity contribution in [1.29, 1.82) is 0 Å². The highest BCUT2D eigenvalue weighted by atomic mass is 15.2. The number of nitrogens with two attached hydrogens (primary N) is 1. The first-order valence-electron chi connectivity index (χ1n) is 6.88. The quantitative estimate of drug-likeness (QED) is 0.616. The Morgan fingerprint density at radius 3 is 2.24 bits per heavy atom. The zero-order valence-corrected chi connectivity index (χ0v) is 10.4. The van der Waals surface area contributed by atoms with Gasteiger partial charge in [0.1, 0.15) is 0 Å². The van der Waals surface area contributed by atoms with E-state index in [1.165, 1.54) is 44.1 Å². The highest BCUT2D eigenvalue weighted by Crippen LogP contribution is 2.51. The largest absolute Gasteiger partial charge is 0.271 e. The van der Waals surface area contributed by atoms with E-state index in [0.29, 0.717) is 11.5 Å². The summed E-state index contributed by atoms with van der Waals surface area (Å²) in [7, 11) is 0. The van der Waals surface area contributed by atoms with Crippen LogP contribution in [0, 0.1) is 5.92 Å². The van der Waals surface area contributed by atoms with Crippen LogP contribution < -0.4 is 11.3 Å². The lowest BCUT2D eigenvalue weighted by molar-refractivity contribution is 0.0869. The maximum absolute atomic E-state index is 5.87. The molecule has 2 saturated carbocycles. The molecule has 1 atom stereocenters. The molecule has 0 bridgehead atoms. The van der Waals surface area contributed by atoms with Crippen LogP contribution in [0.25, 0.3) is 0 Å². The van der Waals surface area contributed by atoms with Gasteiger partial charge in [-0.1, -0.05) is 43.2 Å². The molecule has 2 nitrogen and oxygen atoms in total. The third kappa shape index (κ3) is 1.71. The van der Waals surface area contributed by atoms with Crippen molar-refractivity contribution in [3.63, 3.8) is 0 Å². The smallest absolute Gasteiger partial charge is 0.0335 e. The highest BCUT2D eigenvalue weighted by Gasteiger charge is 2.48. The summed E-state index contributed by atoms with van der Waals surface area (Å²) in [5.74, 6) is 6.66. The van der Waals surface area contributed by atoms with Crippen LogP contribution in [0.1, 0.15) is 44.1 Å². The lowest BCUT2D eigenvalue weighted by atomic mass is 9.55. The van der Waals surface area contributed by atoms with Crippen molar-refractivity contribution < 1.29 is 0 Å². The predicted octanol–water partition coefficient (Wildman–Crippen LogP) is 2.74. The SMILES string of the molecule is NNC(C1CCC1)C1(c2ccccc2)CCC1. The summed E-state index contributed by atoms with van der Waals surface area (Å²) in [4.78, 5) is 0. The highest BCUT2D eigenvalue weighted by molar-refractivity contribution is 5.31. The molecule has 0 aliphatic heterocycles. The van der Waals surface area contributed by atoms with Crippen molar-refractivity contribution in [3.05, 3.63) is 35.9 Å². The van der Waals surface area contributed by atoms with Crippen LogP contribution >= 0.6 is 0 Å². The molecule has 0 spiro atoms. The van der Waals surface area contributed by atoms with E-state index in [2.05, 4.69) is 35.8 Å². The minimum absolute atomic E-state index is 0.321. The van der Waals surface area contributed by atoms with Crippen molar-refractivity contribution in [3.8, 4) is 0 Å². The fourth-order valence-corrected chi connectivity index (χ4v) is 3.63. The maximum atomic E-state index is 5.87. The van der Waals surface area contributed by atoms with E-state index in [0.717, 1.165) is 5.92 Å². The minimum Gasteiger partial charge on any atom is -0.271 e. The topological polar surface area (TPSA) is 38.0 Å². The van der Waals surface area contributed by atoms with E-state index in [9.17, 15) is 0 Å². The molecule has 1 aromatic carbocycles. The van der Waals surface area contributed by atoms with E-state index >= 15 is 0 Å². The monoisotopic (exact) mass is 230 g/mol. The molecule has 0 radical (unpaired) electrons. The molecule has 2 heteroatoms. The second-order valence-electron chi connectivity index (χ2n) is 5.71. The van der Waals surface area contributed by atoms with Crippen molar-refractivity contribution >= 4 is 0 Å². The summed E-state index contributed by atoms with van der Waals surface area (Å²) < 4.78 is 0. The average molecular weight is 230 g/mol. The molecule has 2 fully saturated rings. The Morgan fingerprint density at radius 1 is 1.12 bits per heavy atom. The summed E-state index contributed by atoms with van der Waals surface area (Å²) in [5, 5.41) is 0. The number of hydrazine groups is 1. The first kappa shape index (κ1) is 11.2. The molecule has 3 rings (SSSR count). The molecule has 1 unspecified atom stereocenters. The second kappa shape index (κ2) is 4.43. The standard InChI is InChI=1S/C15H22N2/c16-17-14(12-6-4-7-12)15(10-5-11-15)13-8-2-1-3-9-13/h1-3,8-9,12,14,17H,4-7,10-11,16H2. The lowest BCUT2D eigenvalue weighted by Crippen LogP contribution is -2.59. The molecule has 17 heavy (non-hydrogen) atoms. The van der Waals surface area contributed by atoms with Crippen LogP contribution in [-0.2, 0) is 5.41 Å². The van der Waals surface area contributed by atoms with Gasteiger partial charge in [-0.3, -0.25) is 11.3 Å². The van der Waals surface area contributed by atoms with Crippen LogP contribution in [0.4, 0.5) is 0 Å². The molecule has 0 amide bonds. The number of hydrogen-bond donors (Lipinski definition) is 2. The van der Waals surface area contributed by atoms with E-state index < -0.39 is 0 Å². The zero-order valence-electron chi connectivity index (χ0n) is 10.4. The Hall–Kier alpha value is -0.860. The van der Waals surface area contributed by atoms with Gasteiger partial charge in [-0.2, -0.15) is 0 Å². The van der Waals surface area contributed by atoms with Gasteiger partial charge in [0.15, 0.2) is 0 Å². The van der Waals surface area contributed by atoms with Gasteiger partial charge < -0.3 is 0 Å². The summed E-state index contributed by atoms with van der Waals surface area (Å²) >= 11 is 0. The van der Waals surface area contributed by atoms with Crippen molar-refractivity contribution in [2.75, 3.05) is 0 Å². The minimum atomic E-state index is 0.321. The second-order valence-corrected chi connectivity index (χ2v) is 5.71. The molecule has 3 N–H and O–H groups in total. The maximum Gasteiger partial charge on any atom is 0.0335 e. The molecule has 92 valence electrons. The Morgan fingerprint density at radius 2 is 1.82 bits per heavy atom. The Bertz CT molecular complexity index is 366. The van der Waals surface area contributed by atoms with Gasteiger partial charge in [-0.25, -0.2) is 0 Å².